The van der Waals surface area contributed by atoms with E-state index in [1.165, 1.54) is 11.8 Å². The fourth-order valence-electron chi connectivity index (χ4n) is 4.85. The number of halogens is 1. The van der Waals surface area contributed by atoms with Gasteiger partial charge in [-0.2, -0.15) is 5.26 Å². The Labute approximate surface area is 238 Å². The maximum atomic E-state index is 13.5. The van der Waals surface area contributed by atoms with E-state index in [9.17, 15) is 14.9 Å². The minimum atomic E-state index is -0.269. The zero-order valence-electron chi connectivity index (χ0n) is 22.0. The predicted octanol–water partition coefficient (Wildman–Crippen LogP) is 5.03. The highest BCUT2D eigenvalue weighted by molar-refractivity contribution is 8.26. The highest BCUT2D eigenvalue weighted by Crippen LogP contribution is 2.37. The molecule has 0 atom stereocenters. The van der Waals surface area contributed by atoms with Crippen LogP contribution in [0.2, 0.25) is 5.02 Å². The summed E-state index contributed by atoms with van der Waals surface area (Å²) in [5.74, 6) is 0.581. The molecule has 2 fully saturated rings. The number of hydrogen-bond donors (Lipinski definition) is 0. The van der Waals surface area contributed by atoms with E-state index in [1.54, 1.807) is 22.5 Å². The second-order valence-electron chi connectivity index (χ2n) is 9.44. The maximum Gasteiger partial charge on any atom is 0.270 e. The number of likely N-dealkylation sites (N-methyl/N-ethyl adjacent to an activating group) is 1. The quantitative estimate of drug-likeness (QED) is 0.326. The van der Waals surface area contributed by atoms with E-state index >= 15 is 0 Å². The molecule has 200 valence electrons. The van der Waals surface area contributed by atoms with Crippen LogP contribution in [0.1, 0.15) is 48.9 Å². The lowest BCUT2D eigenvalue weighted by Gasteiger charge is -2.37. The highest BCUT2D eigenvalue weighted by Gasteiger charge is 2.34. The van der Waals surface area contributed by atoms with Crippen LogP contribution in [0.15, 0.2) is 34.0 Å². The van der Waals surface area contributed by atoms with Crippen molar-refractivity contribution >= 4 is 57.7 Å². The van der Waals surface area contributed by atoms with Crippen molar-refractivity contribution in [2.45, 2.75) is 46.7 Å². The van der Waals surface area contributed by atoms with Crippen molar-refractivity contribution in [3.8, 4) is 6.07 Å². The number of benzene rings is 1. The van der Waals surface area contributed by atoms with Crippen molar-refractivity contribution in [1.29, 1.82) is 5.26 Å². The number of nitriles is 1. The van der Waals surface area contributed by atoms with Gasteiger partial charge in [-0.05, 0) is 43.2 Å². The number of thioether (sulfide) groups is 1. The average molecular weight is 570 g/mol. The van der Waals surface area contributed by atoms with Crippen molar-refractivity contribution < 1.29 is 4.79 Å². The zero-order chi connectivity index (χ0) is 27.4. The van der Waals surface area contributed by atoms with E-state index in [2.05, 4.69) is 29.7 Å². The second-order valence-corrected chi connectivity index (χ2v) is 11.5. The Hall–Kier alpha value is -2.64. The Morgan fingerprint density at radius 1 is 1.16 bits per heavy atom. The number of hydrogen-bond acceptors (Lipinski definition) is 7. The number of aromatic nitrogens is 1. The second kappa shape index (κ2) is 12.5. The Balaban J connectivity index is 1.81. The summed E-state index contributed by atoms with van der Waals surface area (Å²) in [6.45, 7) is 11.1. The van der Waals surface area contributed by atoms with Gasteiger partial charge in [-0.1, -0.05) is 74.0 Å². The van der Waals surface area contributed by atoms with Gasteiger partial charge in [0.1, 0.15) is 21.8 Å². The van der Waals surface area contributed by atoms with Gasteiger partial charge >= 0.3 is 0 Å². The van der Waals surface area contributed by atoms with Crippen LogP contribution >= 0.6 is 35.6 Å². The van der Waals surface area contributed by atoms with E-state index in [1.807, 2.05) is 24.3 Å². The first-order valence-electron chi connectivity index (χ1n) is 12.9. The van der Waals surface area contributed by atoms with Crippen LogP contribution in [0.5, 0.6) is 0 Å². The van der Waals surface area contributed by atoms with Gasteiger partial charge < -0.3 is 9.80 Å². The molecule has 0 saturated carbocycles. The van der Waals surface area contributed by atoms with E-state index in [4.69, 9.17) is 23.8 Å². The van der Waals surface area contributed by atoms with Crippen LogP contribution in [0.4, 0.5) is 5.82 Å². The third-order valence-corrected chi connectivity index (χ3v) is 8.88. The summed E-state index contributed by atoms with van der Waals surface area (Å²) in [7, 11) is 0. The van der Waals surface area contributed by atoms with Gasteiger partial charge in [0.2, 0.25) is 0 Å². The topological polar surface area (TPSA) is 72.6 Å². The summed E-state index contributed by atoms with van der Waals surface area (Å²) in [5.41, 5.74) is 2.00. The van der Waals surface area contributed by atoms with Gasteiger partial charge in [0.25, 0.3) is 11.5 Å². The van der Waals surface area contributed by atoms with Crippen molar-refractivity contribution in [2.75, 3.05) is 37.6 Å². The molecular weight excluding hydrogens is 538 g/mol. The van der Waals surface area contributed by atoms with Crippen LogP contribution in [-0.4, -0.2) is 57.3 Å². The van der Waals surface area contributed by atoms with Crippen molar-refractivity contribution in [3.05, 3.63) is 66.8 Å². The summed E-state index contributed by atoms with van der Waals surface area (Å²) in [5, 5.41) is 10.5. The monoisotopic (exact) mass is 569 g/mol. The molecule has 7 nitrogen and oxygen atoms in total. The number of nitrogens with zero attached hydrogens (tertiary/aromatic N) is 5. The Morgan fingerprint density at radius 3 is 2.50 bits per heavy atom. The molecule has 3 heterocycles. The molecule has 10 heteroatoms. The molecule has 0 aliphatic carbocycles. The summed E-state index contributed by atoms with van der Waals surface area (Å²) < 4.78 is 2.20. The first kappa shape index (κ1) is 28.4. The van der Waals surface area contributed by atoms with Crippen LogP contribution < -0.4 is 10.5 Å². The maximum absolute atomic E-state index is 13.5. The third-order valence-electron chi connectivity index (χ3n) is 7.14. The predicted molar refractivity (Wildman–Crippen MR) is 160 cm³/mol. The van der Waals surface area contributed by atoms with Gasteiger partial charge in [0, 0.05) is 43.3 Å². The van der Waals surface area contributed by atoms with Crippen molar-refractivity contribution in [2.24, 2.45) is 0 Å². The molecule has 2 aromatic rings. The first-order chi connectivity index (χ1) is 18.3. The summed E-state index contributed by atoms with van der Waals surface area (Å²) in [6.07, 6.45) is 3.56. The molecule has 0 spiro atoms. The van der Waals surface area contributed by atoms with Crippen LogP contribution in [0, 0.1) is 18.3 Å². The van der Waals surface area contributed by atoms with Crippen molar-refractivity contribution in [3.63, 3.8) is 0 Å². The number of thiocarbonyl (C=S) groups is 1. The van der Waals surface area contributed by atoms with Crippen LogP contribution in [0.25, 0.3) is 6.08 Å². The molecule has 38 heavy (non-hydrogen) atoms. The standard InChI is InChI=1S/C28H32ClN5O2S2/c1-4-6-11-33-25(32-14-12-31(5-2)13-15-32)21(19(3)22(17-30)26(33)35)16-24-27(36)34(28(37)38-24)18-20-9-7-8-10-23(20)29/h7-10,16H,4-6,11-15,18H2,1-3H3/b24-16+. The van der Waals surface area contributed by atoms with Gasteiger partial charge in [-0.25, -0.2) is 0 Å². The molecule has 0 unspecified atom stereocenters. The Kier molecular flexibility index (Phi) is 9.32. The summed E-state index contributed by atoms with van der Waals surface area (Å²) in [6, 6.07) is 9.53. The van der Waals surface area contributed by atoms with Gasteiger partial charge in [0.15, 0.2) is 0 Å². The smallest absolute Gasteiger partial charge is 0.270 e. The zero-order valence-corrected chi connectivity index (χ0v) is 24.4. The van der Waals surface area contributed by atoms with Gasteiger partial charge in [0.05, 0.1) is 11.4 Å². The lowest BCUT2D eigenvalue weighted by atomic mass is 10.0. The molecule has 1 aromatic carbocycles. The van der Waals surface area contributed by atoms with E-state index in [-0.39, 0.29) is 23.6 Å². The van der Waals surface area contributed by atoms with Gasteiger partial charge in [-0.15, -0.1) is 0 Å². The highest BCUT2D eigenvalue weighted by atomic mass is 35.5. The van der Waals surface area contributed by atoms with E-state index < -0.39 is 0 Å². The number of pyridine rings is 1. The summed E-state index contributed by atoms with van der Waals surface area (Å²) in [4.78, 5) is 33.7. The van der Waals surface area contributed by atoms with E-state index in [0.717, 1.165) is 62.5 Å². The molecule has 0 bridgehead atoms. The molecule has 2 aliphatic heterocycles. The fourth-order valence-corrected chi connectivity index (χ4v) is 6.28. The number of carbonyl (C=O) groups excluding carboxylic acids is 1. The fraction of sp³-hybridized carbons (Fsp3) is 0.429. The molecule has 1 aromatic heterocycles. The number of anilines is 1. The lowest BCUT2D eigenvalue weighted by molar-refractivity contribution is -0.122. The Morgan fingerprint density at radius 2 is 1.87 bits per heavy atom. The largest absolute Gasteiger partial charge is 0.355 e. The normalized spacial score (nSPS) is 17.5. The number of amides is 1. The number of rotatable bonds is 8. The summed E-state index contributed by atoms with van der Waals surface area (Å²) >= 11 is 13.2. The number of carbonyl (C=O) groups is 1. The van der Waals surface area contributed by atoms with Crippen LogP contribution in [0.3, 0.4) is 0 Å². The SMILES string of the molecule is CCCCn1c(N2CCN(CC)CC2)c(/C=C2/SC(=S)N(Cc3ccccc3Cl)C2=O)c(C)c(C#N)c1=O. The molecular formula is C28H32ClN5O2S2. The molecule has 0 radical (unpaired) electrons. The molecule has 2 aliphatic rings. The Bertz CT molecular complexity index is 1370. The van der Waals surface area contributed by atoms with E-state index in [0.29, 0.717) is 26.4 Å². The third kappa shape index (κ3) is 5.69. The van der Waals surface area contributed by atoms with Crippen molar-refractivity contribution in [1.82, 2.24) is 14.4 Å². The minimum Gasteiger partial charge on any atom is -0.355 e. The minimum absolute atomic E-state index is 0.120. The molecule has 4 rings (SSSR count). The molecule has 2 saturated heterocycles. The lowest BCUT2D eigenvalue weighted by Crippen LogP contribution is -2.48. The van der Waals surface area contributed by atoms with Gasteiger partial charge in [-0.3, -0.25) is 19.1 Å². The van der Waals surface area contributed by atoms with Crippen LogP contribution in [-0.2, 0) is 17.9 Å². The molecule has 0 N–H and O–H groups in total. The molecule has 1 amide bonds. The number of piperazine rings is 1. The number of unbranched alkanes of at least 4 members (excludes halogenated alkanes) is 1. The average Bonchev–Trinajstić information content (AvgIpc) is 3.18. The first-order valence-corrected chi connectivity index (χ1v) is 14.5.